The highest BCUT2D eigenvalue weighted by molar-refractivity contribution is 5.32. The van der Waals surface area contributed by atoms with Gasteiger partial charge in [0.05, 0.1) is 18.9 Å². The molecule has 4 heteroatoms. The molecule has 2 N–H and O–H groups in total. The number of ether oxygens (including phenoxy) is 2. The number of anilines is 1. The molecule has 1 saturated heterocycles. The number of nitrogen functional groups attached to an aromatic ring is 1. The summed E-state index contributed by atoms with van der Waals surface area (Å²) in [5, 5.41) is 0. The molecule has 1 aromatic rings. The van der Waals surface area contributed by atoms with Crippen LogP contribution in [0, 0.1) is 0 Å². The minimum absolute atomic E-state index is 0.127. The second-order valence-electron chi connectivity index (χ2n) is 4.45. The Labute approximate surface area is 102 Å². The van der Waals surface area contributed by atoms with Crippen molar-refractivity contribution in [1.82, 2.24) is 4.98 Å². The number of nitrogens with two attached hydrogens (primary N) is 1. The van der Waals surface area contributed by atoms with Crippen molar-refractivity contribution in [3.05, 3.63) is 24.5 Å². The summed E-state index contributed by atoms with van der Waals surface area (Å²) in [4.78, 5) is 3.76. The van der Waals surface area contributed by atoms with Gasteiger partial charge in [0, 0.05) is 25.2 Å². The topological polar surface area (TPSA) is 57.4 Å². The molecule has 1 saturated carbocycles. The summed E-state index contributed by atoms with van der Waals surface area (Å²) in [6, 6.07) is 3.60. The van der Waals surface area contributed by atoms with Gasteiger partial charge in [-0.1, -0.05) is 6.42 Å². The molecular weight excluding hydrogens is 216 g/mol. The van der Waals surface area contributed by atoms with Gasteiger partial charge in [-0.2, -0.15) is 0 Å². The number of rotatable bonds is 0. The molecule has 2 heterocycles. The highest BCUT2D eigenvalue weighted by Crippen LogP contribution is 2.35. The van der Waals surface area contributed by atoms with E-state index < -0.39 is 0 Å². The Balaban J connectivity index is 0.000000136. The van der Waals surface area contributed by atoms with Crippen LogP contribution in [0.1, 0.15) is 32.1 Å². The maximum Gasteiger partial charge on any atom is 0.168 e. The van der Waals surface area contributed by atoms with Crippen LogP contribution in [-0.2, 0) is 9.47 Å². The smallest absolute Gasteiger partial charge is 0.168 e. The van der Waals surface area contributed by atoms with E-state index in [4.69, 9.17) is 15.2 Å². The first-order valence-corrected chi connectivity index (χ1v) is 6.24. The summed E-state index contributed by atoms with van der Waals surface area (Å²) in [5.41, 5.74) is 6.01. The number of hydrogen-bond donors (Lipinski definition) is 1. The number of pyridine rings is 1. The predicted octanol–water partition coefficient (Wildman–Crippen LogP) is 2.36. The lowest BCUT2D eigenvalue weighted by molar-refractivity contribution is -0.176. The van der Waals surface area contributed by atoms with Gasteiger partial charge in [-0.3, -0.25) is 4.98 Å². The molecule has 1 aliphatic carbocycles. The first kappa shape index (κ1) is 12.3. The van der Waals surface area contributed by atoms with Crippen LogP contribution in [-0.4, -0.2) is 24.0 Å². The summed E-state index contributed by atoms with van der Waals surface area (Å²) in [5.74, 6) is -0.127. The Kier molecular flexibility index (Phi) is 4.34. The van der Waals surface area contributed by atoms with Crippen LogP contribution < -0.4 is 5.73 Å². The van der Waals surface area contributed by atoms with Crippen LogP contribution in [0.3, 0.4) is 0 Å². The van der Waals surface area contributed by atoms with E-state index in [1.165, 1.54) is 19.3 Å². The number of hydrogen-bond acceptors (Lipinski definition) is 4. The fraction of sp³-hybridized carbons (Fsp3) is 0.615. The molecule has 0 aromatic carbocycles. The Morgan fingerprint density at radius 2 is 1.82 bits per heavy atom. The largest absolute Gasteiger partial charge is 0.397 e. The third kappa shape index (κ3) is 3.68. The van der Waals surface area contributed by atoms with Gasteiger partial charge in [0.15, 0.2) is 5.79 Å². The second-order valence-corrected chi connectivity index (χ2v) is 4.45. The first-order chi connectivity index (χ1) is 8.31. The van der Waals surface area contributed by atoms with Crippen LogP contribution in [0.4, 0.5) is 5.69 Å². The second kappa shape index (κ2) is 5.98. The van der Waals surface area contributed by atoms with Crippen molar-refractivity contribution < 1.29 is 9.47 Å². The van der Waals surface area contributed by atoms with Gasteiger partial charge in [0.25, 0.3) is 0 Å². The fourth-order valence-electron chi connectivity index (χ4n) is 2.25. The Hall–Kier alpha value is -1.13. The zero-order chi connectivity index (χ0) is 12.0. The predicted molar refractivity (Wildman–Crippen MR) is 66.4 cm³/mol. The summed E-state index contributed by atoms with van der Waals surface area (Å²) in [6.07, 6.45) is 9.45. The maximum absolute atomic E-state index is 5.56. The molecule has 1 aromatic heterocycles. The quantitative estimate of drug-likeness (QED) is 0.751. The van der Waals surface area contributed by atoms with Crippen LogP contribution >= 0.6 is 0 Å². The number of nitrogens with zero attached hydrogens (tertiary/aromatic N) is 1. The van der Waals surface area contributed by atoms with Crippen molar-refractivity contribution in [2.45, 2.75) is 37.9 Å². The summed E-state index contributed by atoms with van der Waals surface area (Å²) < 4.78 is 11.1. The summed E-state index contributed by atoms with van der Waals surface area (Å²) in [6.45, 7) is 1.61. The van der Waals surface area contributed by atoms with E-state index in [2.05, 4.69) is 4.98 Å². The highest BCUT2D eigenvalue weighted by Gasteiger charge is 2.37. The third-order valence-corrected chi connectivity index (χ3v) is 3.11. The van der Waals surface area contributed by atoms with E-state index in [-0.39, 0.29) is 5.79 Å². The molecule has 94 valence electrons. The van der Waals surface area contributed by atoms with Gasteiger partial charge < -0.3 is 15.2 Å². The SMILES string of the molecule is C1CCC2(CC1)OCCO2.Nc1cccnc1. The Bertz CT molecular complexity index is 315. The monoisotopic (exact) mass is 236 g/mol. The van der Waals surface area contributed by atoms with Crippen LogP contribution in [0.5, 0.6) is 0 Å². The maximum atomic E-state index is 5.56. The molecule has 0 amide bonds. The molecule has 2 fully saturated rings. The van der Waals surface area contributed by atoms with E-state index in [0.717, 1.165) is 26.1 Å². The van der Waals surface area contributed by atoms with Crippen molar-refractivity contribution in [3.8, 4) is 0 Å². The lowest BCUT2D eigenvalue weighted by Gasteiger charge is -2.30. The normalized spacial score (nSPS) is 21.9. The van der Waals surface area contributed by atoms with Gasteiger partial charge in [-0.25, -0.2) is 0 Å². The summed E-state index contributed by atoms with van der Waals surface area (Å²) >= 11 is 0. The van der Waals surface area contributed by atoms with Crippen LogP contribution in [0.2, 0.25) is 0 Å². The van der Waals surface area contributed by atoms with Crippen molar-refractivity contribution in [2.75, 3.05) is 18.9 Å². The van der Waals surface area contributed by atoms with Crippen molar-refractivity contribution in [1.29, 1.82) is 0 Å². The van der Waals surface area contributed by atoms with Gasteiger partial charge in [0.2, 0.25) is 0 Å². The zero-order valence-electron chi connectivity index (χ0n) is 10.1. The zero-order valence-corrected chi connectivity index (χ0v) is 10.1. The van der Waals surface area contributed by atoms with Crippen LogP contribution in [0.15, 0.2) is 24.5 Å². The average molecular weight is 236 g/mol. The molecule has 1 aliphatic heterocycles. The van der Waals surface area contributed by atoms with Gasteiger partial charge in [0.1, 0.15) is 0 Å². The first-order valence-electron chi connectivity index (χ1n) is 6.24. The summed E-state index contributed by atoms with van der Waals surface area (Å²) in [7, 11) is 0. The van der Waals surface area contributed by atoms with E-state index >= 15 is 0 Å². The Morgan fingerprint density at radius 3 is 2.29 bits per heavy atom. The van der Waals surface area contributed by atoms with Crippen molar-refractivity contribution in [2.24, 2.45) is 0 Å². The van der Waals surface area contributed by atoms with E-state index in [1.807, 2.05) is 0 Å². The molecule has 0 atom stereocenters. The highest BCUT2D eigenvalue weighted by atomic mass is 16.7. The van der Waals surface area contributed by atoms with E-state index in [9.17, 15) is 0 Å². The average Bonchev–Trinajstić information content (AvgIpc) is 2.80. The van der Waals surface area contributed by atoms with Crippen LogP contribution in [0.25, 0.3) is 0 Å². The molecule has 0 unspecified atom stereocenters. The molecule has 4 nitrogen and oxygen atoms in total. The lowest BCUT2D eigenvalue weighted by atomic mass is 9.94. The Morgan fingerprint density at radius 1 is 1.12 bits per heavy atom. The van der Waals surface area contributed by atoms with Crippen molar-refractivity contribution in [3.63, 3.8) is 0 Å². The standard InChI is InChI=1S/C8H14O2.C5H6N2/c1-2-4-8(5-3-1)9-6-7-10-8;6-5-2-1-3-7-4-5/h1-7H2;1-4H,6H2. The van der Waals surface area contributed by atoms with Gasteiger partial charge in [-0.05, 0) is 25.0 Å². The molecule has 1 spiro atoms. The molecular formula is C13H20N2O2. The minimum Gasteiger partial charge on any atom is -0.397 e. The molecule has 0 bridgehead atoms. The van der Waals surface area contributed by atoms with Gasteiger partial charge >= 0.3 is 0 Å². The minimum atomic E-state index is -0.127. The molecule has 0 radical (unpaired) electrons. The van der Waals surface area contributed by atoms with E-state index in [0.29, 0.717) is 5.69 Å². The molecule has 2 aliphatic rings. The van der Waals surface area contributed by atoms with E-state index in [1.54, 1.807) is 24.5 Å². The third-order valence-electron chi connectivity index (χ3n) is 3.11. The molecule has 17 heavy (non-hydrogen) atoms. The number of aromatic nitrogens is 1. The fourth-order valence-corrected chi connectivity index (χ4v) is 2.25. The lowest BCUT2D eigenvalue weighted by Crippen LogP contribution is -2.32. The molecule has 3 rings (SSSR count). The van der Waals surface area contributed by atoms with Crippen molar-refractivity contribution >= 4 is 5.69 Å². The van der Waals surface area contributed by atoms with Gasteiger partial charge in [-0.15, -0.1) is 0 Å².